The van der Waals surface area contributed by atoms with Crippen LogP contribution in [0, 0.1) is 6.92 Å². The van der Waals surface area contributed by atoms with Gasteiger partial charge in [0.1, 0.15) is 13.2 Å². The monoisotopic (exact) mass is 411 g/mol. The first-order valence-electron chi connectivity index (χ1n) is 9.38. The molecule has 0 unspecified atom stereocenters. The van der Waals surface area contributed by atoms with Gasteiger partial charge in [0.2, 0.25) is 0 Å². The average molecular weight is 412 g/mol. The second kappa shape index (κ2) is 7.44. The molecule has 0 bridgehead atoms. The number of fused-ring (bicyclic) bond motifs is 1. The van der Waals surface area contributed by atoms with Crippen LogP contribution in [0.4, 0.5) is 0 Å². The predicted octanol–water partition coefficient (Wildman–Crippen LogP) is 4.27. The number of aromatic nitrogens is 2. The second-order valence-electron chi connectivity index (χ2n) is 7.47. The van der Waals surface area contributed by atoms with Crippen LogP contribution in [0.1, 0.15) is 35.5 Å². The first-order chi connectivity index (χ1) is 13.8. The van der Waals surface area contributed by atoms with Crippen molar-refractivity contribution in [1.82, 2.24) is 15.1 Å². The van der Waals surface area contributed by atoms with Gasteiger partial charge in [0, 0.05) is 5.02 Å². The maximum absolute atomic E-state index is 13.0. The first-order valence-corrected chi connectivity index (χ1v) is 9.76. The highest BCUT2D eigenvalue weighted by Gasteiger charge is 2.27. The van der Waals surface area contributed by atoms with Gasteiger partial charge in [0.05, 0.1) is 28.7 Å². The van der Waals surface area contributed by atoms with Gasteiger partial charge < -0.3 is 14.8 Å². The molecular formula is C22H22ClN3O3. The Bertz CT molecular complexity index is 1070. The van der Waals surface area contributed by atoms with E-state index in [1.165, 1.54) is 0 Å². The number of amides is 1. The van der Waals surface area contributed by atoms with Crippen molar-refractivity contribution in [2.75, 3.05) is 13.2 Å². The third-order valence-corrected chi connectivity index (χ3v) is 5.23. The van der Waals surface area contributed by atoms with Gasteiger partial charge in [-0.05, 0) is 56.7 Å². The van der Waals surface area contributed by atoms with E-state index in [4.69, 9.17) is 21.1 Å². The van der Waals surface area contributed by atoms with Crippen molar-refractivity contribution in [3.05, 3.63) is 70.5 Å². The highest BCUT2D eigenvalue weighted by molar-refractivity contribution is 6.30. The van der Waals surface area contributed by atoms with Crippen LogP contribution >= 0.6 is 11.6 Å². The zero-order valence-corrected chi connectivity index (χ0v) is 17.3. The number of nitrogens with one attached hydrogen (secondary N) is 1. The number of carbonyl (C=O) groups is 1. The summed E-state index contributed by atoms with van der Waals surface area (Å²) in [6, 6.07) is 13.1. The zero-order chi connectivity index (χ0) is 20.6. The van der Waals surface area contributed by atoms with E-state index in [0.717, 1.165) is 22.7 Å². The highest BCUT2D eigenvalue weighted by atomic mass is 35.5. The molecule has 0 radical (unpaired) electrons. The molecule has 7 heteroatoms. The van der Waals surface area contributed by atoms with Crippen molar-refractivity contribution < 1.29 is 14.3 Å². The SMILES string of the molecule is Cc1c(C(=O)NC(C)(C)c2ccc3c(c2)OCCO3)cnn1-c1cccc(Cl)c1. The molecule has 0 fully saturated rings. The molecule has 29 heavy (non-hydrogen) atoms. The lowest BCUT2D eigenvalue weighted by Gasteiger charge is -2.28. The number of carbonyl (C=O) groups excluding carboxylic acids is 1. The number of rotatable bonds is 4. The van der Waals surface area contributed by atoms with Crippen molar-refractivity contribution in [2.45, 2.75) is 26.3 Å². The molecule has 0 saturated heterocycles. The van der Waals surface area contributed by atoms with Gasteiger partial charge in [-0.3, -0.25) is 4.79 Å². The van der Waals surface area contributed by atoms with E-state index in [1.54, 1.807) is 16.9 Å². The molecule has 1 aliphatic rings. The average Bonchev–Trinajstić information content (AvgIpc) is 3.09. The van der Waals surface area contributed by atoms with Gasteiger partial charge in [-0.15, -0.1) is 0 Å². The van der Waals surface area contributed by atoms with E-state index in [0.29, 0.717) is 29.5 Å². The smallest absolute Gasteiger partial charge is 0.255 e. The summed E-state index contributed by atoms with van der Waals surface area (Å²) in [5.74, 6) is 1.22. The summed E-state index contributed by atoms with van der Waals surface area (Å²) < 4.78 is 13.0. The van der Waals surface area contributed by atoms with Crippen molar-refractivity contribution in [3.8, 4) is 17.2 Å². The van der Waals surface area contributed by atoms with Gasteiger partial charge in [-0.2, -0.15) is 5.10 Å². The molecule has 1 aromatic heterocycles. The van der Waals surface area contributed by atoms with E-state index in [9.17, 15) is 4.79 Å². The Hall–Kier alpha value is -2.99. The van der Waals surface area contributed by atoms with Gasteiger partial charge in [0.25, 0.3) is 5.91 Å². The molecular weight excluding hydrogens is 390 g/mol. The maximum atomic E-state index is 13.0. The Kier molecular flexibility index (Phi) is 4.96. The predicted molar refractivity (Wildman–Crippen MR) is 111 cm³/mol. The molecule has 6 nitrogen and oxygen atoms in total. The topological polar surface area (TPSA) is 65.4 Å². The van der Waals surface area contributed by atoms with E-state index < -0.39 is 5.54 Å². The number of ether oxygens (including phenoxy) is 2. The van der Waals surface area contributed by atoms with Gasteiger partial charge in [-0.1, -0.05) is 23.7 Å². The summed E-state index contributed by atoms with van der Waals surface area (Å²) >= 11 is 6.08. The minimum atomic E-state index is -0.614. The van der Waals surface area contributed by atoms with E-state index in [-0.39, 0.29) is 5.91 Å². The van der Waals surface area contributed by atoms with Crippen LogP contribution in [0.15, 0.2) is 48.7 Å². The van der Waals surface area contributed by atoms with Crippen LogP contribution in [-0.4, -0.2) is 28.9 Å². The molecule has 0 saturated carbocycles. The van der Waals surface area contributed by atoms with Crippen LogP contribution in [0.5, 0.6) is 11.5 Å². The lowest BCUT2D eigenvalue weighted by molar-refractivity contribution is 0.0911. The fraction of sp³-hybridized carbons (Fsp3) is 0.273. The largest absolute Gasteiger partial charge is 0.486 e. The van der Waals surface area contributed by atoms with Gasteiger partial charge in [-0.25, -0.2) is 4.68 Å². The van der Waals surface area contributed by atoms with Crippen molar-refractivity contribution in [1.29, 1.82) is 0 Å². The molecule has 2 aromatic carbocycles. The summed E-state index contributed by atoms with van der Waals surface area (Å²) in [5, 5.41) is 8.08. The molecule has 2 heterocycles. The summed E-state index contributed by atoms with van der Waals surface area (Å²) in [6.45, 7) is 6.83. The molecule has 3 aromatic rings. The zero-order valence-electron chi connectivity index (χ0n) is 16.5. The number of hydrogen-bond donors (Lipinski definition) is 1. The molecule has 0 spiro atoms. The van der Waals surface area contributed by atoms with Gasteiger partial charge in [0.15, 0.2) is 11.5 Å². The fourth-order valence-corrected chi connectivity index (χ4v) is 3.54. The number of nitrogens with zero attached hydrogens (tertiary/aromatic N) is 2. The normalized spacial score (nSPS) is 13.2. The molecule has 4 rings (SSSR count). The second-order valence-corrected chi connectivity index (χ2v) is 7.91. The molecule has 0 aliphatic carbocycles. The summed E-state index contributed by atoms with van der Waals surface area (Å²) in [5.41, 5.74) is 2.37. The van der Waals surface area contributed by atoms with Crippen LogP contribution in [0.2, 0.25) is 5.02 Å². The Morgan fingerprint density at radius 3 is 2.66 bits per heavy atom. The summed E-state index contributed by atoms with van der Waals surface area (Å²) in [7, 11) is 0. The lowest BCUT2D eigenvalue weighted by atomic mass is 9.93. The van der Waals surface area contributed by atoms with Gasteiger partial charge >= 0.3 is 0 Å². The Morgan fingerprint density at radius 1 is 1.14 bits per heavy atom. The number of halogens is 1. The molecule has 1 aliphatic heterocycles. The first kappa shape index (κ1) is 19.3. The minimum absolute atomic E-state index is 0.198. The quantitative estimate of drug-likeness (QED) is 0.696. The molecule has 1 amide bonds. The van der Waals surface area contributed by atoms with Crippen LogP contribution in [0.3, 0.4) is 0 Å². The Labute approximate surface area is 174 Å². The highest BCUT2D eigenvalue weighted by Crippen LogP contribution is 2.34. The maximum Gasteiger partial charge on any atom is 0.255 e. The fourth-order valence-electron chi connectivity index (χ4n) is 3.36. The third-order valence-electron chi connectivity index (χ3n) is 5.00. The minimum Gasteiger partial charge on any atom is -0.486 e. The van der Waals surface area contributed by atoms with Crippen LogP contribution in [-0.2, 0) is 5.54 Å². The van der Waals surface area contributed by atoms with E-state index in [1.807, 2.05) is 57.2 Å². The van der Waals surface area contributed by atoms with E-state index >= 15 is 0 Å². The third kappa shape index (κ3) is 3.80. The van der Waals surface area contributed by atoms with Crippen molar-refractivity contribution in [2.24, 2.45) is 0 Å². The standard InChI is InChI=1S/C22H22ClN3O3/c1-14-18(13-24-26(14)17-6-4-5-16(23)12-17)21(27)25-22(2,3)15-7-8-19-20(11-15)29-10-9-28-19/h4-8,11-13H,9-10H2,1-3H3,(H,25,27). The lowest BCUT2D eigenvalue weighted by Crippen LogP contribution is -2.41. The molecule has 150 valence electrons. The summed E-state index contributed by atoms with van der Waals surface area (Å²) in [6.07, 6.45) is 1.57. The summed E-state index contributed by atoms with van der Waals surface area (Å²) in [4.78, 5) is 13.0. The number of hydrogen-bond acceptors (Lipinski definition) is 4. The van der Waals surface area contributed by atoms with Crippen molar-refractivity contribution in [3.63, 3.8) is 0 Å². The van der Waals surface area contributed by atoms with E-state index in [2.05, 4.69) is 10.4 Å². The number of benzene rings is 2. The van der Waals surface area contributed by atoms with Crippen LogP contribution in [0.25, 0.3) is 5.69 Å². The van der Waals surface area contributed by atoms with Crippen molar-refractivity contribution >= 4 is 17.5 Å². The molecule has 1 N–H and O–H groups in total. The van der Waals surface area contributed by atoms with Crippen LogP contribution < -0.4 is 14.8 Å². The Morgan fingerprint density at radius 2 is 1.90 bits per heavy atom. The molecule has 0 atom stereocenters. The Balaban J connectivity index is 1.57.